The van der Waals surface area contributed by atoms with Crippen molar-refractivity contribution >= 4 is 86.2 Å². The van der Waals surface area contributed by atoms with Gasteiger partial charge in [-0.3, -0.25) is 0 Å². The molecule has 5 nitrogen and oxygen atoms in total. The van der Waals surface area contributed by atoms with Crippen molar-refractivity contribution < 1.29 is 8.83 Å². The third kappa shape index (κ3) is 4.62. The van der Waals surface area contributed by atoms with E-state index in [1.165, 1.54) is 25.7 Å². The Morgan fingerprint density at radius 1 is 0.364 bits per heavy atom. The summed E-state index contributed by atoms with van der Waals surface area (Å²) in [6, 6.07) is 56.7. The van der Waals surface area contributed by atoms with Crippen LogP contribution in [-0.2, 0) is 0 Å². The fourth-order valence-corrected chi connectivity index (χ4v) is 9.40. The van der Waals surface area contributed by atoms with Gasteiger partial charge in [0.2, 0.25) is 0 Å². The summed E-state index contributed by atoms with van der Waals surface area (Å²) in [5, 5.41) is 8.84. The molecule has 256 valence electrons. The van der Waals surface area contributed by atoms with Crippen LogP contribution in [-0.4, -0.2) is 15.0 Å². The minimum absolute atomic E-state index is 0.582. The van der Waals surface area contributed by atoms with E-state index >= 15 is 0 Å². The van der Waals surface area contributed by atoms with Crippen LogP contribution in [0.5, 0.6) is 0 Å². The second kappa shape index (κ2) is 11.7. The summed E-state index contributed by atoms with van der Waals surface area (Å²) >= 11 is 1.83. The molecular weight excluding hydrogens is 695 g/mol. The molecule has 0 fully saturated rings. The molecule has 0 aliphatic carbocycles. The van der Waals surface area contributed by atoms with Crippen LogP contribution >= 0.6 is 11.3 Å². The smallest absolute Gasteiger partial charge is 0.164 e. The fraction of sp³-hybridized carbons (Fsp3) is 0. The van der Waals surface area contributed by atoms with E-state index < -0.39 is 0 Å². The quantitative estimate of drug-likeness (QED) is 0.181. The molecule has 0 N–H and O–H groups in total. The molecule has 0 spiro atoms. The molecule has 0 aliphatic heterocycles. The van der Waals surface area contributed by atoms with E-state index in [1.54, 1.807) is 0 Å². The van der Waals surface area contributed by atoms with Crippen LogP contribution in [0.1, 0.15) is 0 Å². The Bertz CT molecular complexity index is 3510. The number of fused-ring (bicyclic) bond motifs is 11. The zero-order valence-electron chi connectivity index (χ0n) is 29.2. The summed E-state index contributed by atoms with van der Waals surface area (Å²) in [5.41, 5.74) is 8.31. The van der Waals surface area contributed by atoms with Crippen molar-refractivity contribution in [1.29, 1.82) is 0 Å². The first kappa shape index (κ1) is 30.3. The van der Waals surface area contributed by atoms with Crippen molar-refractivity contribution in [2.45, 2.75) is 0 Å². The molecular formula is C49H27N3O2S. The van der Waals surface area contributed by atoms with Gasteiger partial charge in [0.1, 0.15) is 22.3 Å². The van der Waals surface area contributed by atoms with Crippen molar-refractivity contribution in [3.63, 3.8) is 0 Å². The predicted molar refractivity (Wildman–Crippen MR) is 227 cm³/mol. The van der Waals surface area contributed by atoms with E-state index in [2.05, 4.69) is 103 Å². The molecule has 0 bridgehead atoms. The Morgan fingerprint density at radius 2 is 1.02 bits per heavy atom. The summed E-state index contributed by atoms with van der Waals surface area (Å²) in [5.74, 6) is 1.77. The van der Waals surface area contributed by atoms with Gasteiger partial charge in [-0.25, -0.2) is 15.0 Å². The maximum atomic E-state index is 6.55. The van der Waals surface area contributed by atoms with Crippen LogP contribution in [0.2, 0.25) is 0 Å². The summed E-state index contributed by atoms with van der Waals surface area (Å²) < 4.78 is 15.6. The fourth-order valence-electron chi connectivity index (χ4n) is 8.27. The Morgan fingerprint density at radius 3 is 1.89 bits per heavy atom. The van der Waals surface area contributed by atoms with E-state index in [0.29, 0.717) is 17.5 Å². The van der Waals surface area contributed by atoms with E-state index in [-0.39, 0.29) is 0 Å². The van der Waals surface area contributed by atoms with Gasteiger partial charge < -0.3 is 8.83 Å². The first-order chi connectivity index (χ1) is 27.2. The third-order valence-corrected chi connectivity index (χ3v) is 11.9. The SMILES string of the molecule is c1ccc(-c2nc(-c3ccc4oc5cccc(-c6cccc7sc8ccccc8c67)c5c4c3)nc(-c3cccc4oc5c6ccccc6ccc5c34)n2)cc1. The number of hydrogen-bond acceptors (Lipinski definition) is 6. The monoisotopic (exact) mass is 721 g/mol. The van der Waals surface area contributed by atoms with Crippen LogP contribution < -0.4 is 0 Å². The number of nitrogens with zero attached hydrogens (tertiary/aromatic N) is 3. The van der Waals surface area contributed by atoms with Gasteiger partial charge in [0.15, 0.2) is 17.5 Å². The molecule has 0 saturated heterocycles. The topological polar surface area (TPSA) is 65.0 Å². The molecule has 6 heteroatoms. The Hall–Kier alpha value is -7.15. The number of benzene rings is 8. The molecule has 0 amide bonds. The highest BCUT2D eigenvalue weighted by Gasteiger charge is 2.21. The lowest BCUT2D eigenvalue weighted by molar-refractivity contribution is 0.669. The van der Waals surface area contributed by atoms with Crippen molar-refractivity contribution in [2.24, 2.45) is 0 Å². The predicted octanol–water partition coefficient (Wildman–Crippen LogP) is 13.9. The lowest BCUT2D eigenvalue weighted by atomic mass is 9.95. The molecule has 55 heavy (non-hydrogen) atoms. The Labute approximate surface area is 317 Å². The molecule has 12 rings (SSSR count). The summed E-state index contributed by atoms with van der Waals surface area (Å²) in [4.78, 5) is 15.5. The molecule has 8 aromatic carbocycles. The zero-order valence-corrected chi connectivity index (χ0v) is 30.0. The number of hydrogen-bond donors (Lipinski definition) is 0. The average molecular weight is 722 g/mol. The Kier molecular flexibility index (Phi) is 6.44. The van der Waals surface area contributed by atoms with Gasteiger partial charge in [0, 0.05) is 63.8 Å². The van der Waals surface area contributed by atoms with Crippen molar-refractivity contribution in [3.8, 4) is 45.3 Å². The molecule has 0 atom stereocenters. The molecule has 0 aliphatic rings. The summed E-state index contributed by atoms with van der Waals surface area (Å²) in [6.45, 7) is 0. The zero-order chi connectivity index (χ0) is 36.0. The lowest BCUT2D eigenvalue weighted by Gasteiger charge is -2.10. The molecule has 0 saturated carbocycles. The molecule has 0 unspecified atom stereocenters. The highest BCUT2D eigenvalue weighted by molar-refractivity contribution is 7.25. The van der Waals surface area contributed by atoms with Gasteiger partial charge in [0.25, 0.3) is 0 Å². The number of aromatic nitrogens is 3. The van der Waals surface area contributed by atoms with E-state index in [0.717, 1.165) is 76.9 Å². The molecule has 4 heterocycles. The third-order valence-electron chi connectivity index (χ3n) is 10.7. The van der Waals surface area contributed by atoms with Crippen molar-refractivity contribution in [1.82, 2.24) is 15.0 Å². The van der Waals surface area contributed by atoms with Gasteiger partial charge in [0.05, 0.1) is 0 Å². The van der Waals surface area contributed by atoms with E-state index in [1.807, 2.05) is 72.0 Å². The summed E-state index contributed by atoms with van der Waals surface area (Å²) in [7, 11) is 0. The van der Waals surface area contributed by atoms with Crippen LogP contribution in [0, 0.1) is 0 Å². The van der Waals surface area contributed by atoms with Gasteiger partial charge in [-0.1, -0.05) is 115 Å². The Balaban J connectivity index is 1.09. The molecule has 0 radical (unpaired) electrons. The first-order valence-corrected chi connectivity index (χ1v) is 19.1. The van der Waals surface area contributed by atoms with Crippen molar-refractivity contribution in [3.05, 3.63) is 164 Å². The normalized spacial score (nSPS) is 12.0. The number of rotatable bonds is 4. The van der Waals surface area contributed by atoms with Gasteiger partial charge >= 0.3 is 0 Å². The van der Waals surface area contributed by atoms with E-state index in [9.17, 15) is 0 Å². The maximum absolute atomic E-state index is 6.55. The van der Waals surface area contributed by atoms with Crippen LogP contribution in [0.15, 0.2) is 173 Å². The van der Waals surface area contributed by atoms with E-state index in [4.69, 9.17) is 23.8 Å². The first-order valence-electron chi connectivity index (χ1n) is 18.3. The average Bonchev–Trinajstić information content (AvgIpc) is 3.95. The summed E-state index contributed by atoms with van der Waals surface area (Å²) in [6.07, 6.45) is 0. The second-order valence-corrected chi connectivity index (χ2v) is 15.0. The van der Waals surface area contributed by atoms with Gasteiger partial charge in [-0.15, -0.1) is 11.3 Å². The van der Waals surface area contributed by atoms with Crippen molar-refractivity contribution in [2.75, 3.05) is 0 Å². The molecule has 12 aromatic rings. The highest BCUT2D eigenvalue weighted by atomic mass is 32.1. The van der Waals surface area contributed by atoms with Crippen LogP contribution in [0.4, 0.5) is 0 Å². The van der Waals surface area contributed by atoms with Crippen LogP contribution in [0.25, 0.3) is 120 Å². The highest BCUT2D eigenvalue weighted by Crippen LogP contribution is 2.45. The number of thiophene rings is 1. The second-order valence-electron chi connectivity index (χ2n) is 13.9. The lowest BCUT2D eigenvalue weighted by Crippen LogP contribution is -2.00. The number of furan rings is 2. The maximum Gasteiger partial charge on any atom is 0.164 e. The minimum Gasteiger partial charge on any atom is -0.456 e. The largest absolute Gasteiger partial charge is 0.456 e. The standard InChI is InChI=1S/C49H27N3O2S/c1-2-12-29(13-3-1)47-50-48(52-49(51-47)36-18-9-20-40-44(36)35-25-23-28-11-4-5-14-31(28)46(35)54-40)30-24-26-38-37(27-30)43-32(16-8-19-39(43)53-38)33-17-10-22-42-45(33)34-15-6-7-21-41(34)55-42/h1-27H. The minimum atomic E-state index is 0.582. The van der Waals surface area contributed by atoms with Gasteiger partial charge in [-0.2, -0.15) is 0 Å². The van der Waals surface area contributed by atoms with Gasteiger partial charge in [-0.05, 0) is 65.0 Å². The van der Waals surface area contributed by atoms with Crippen LogP contribution in [0.3, 0.4) is 0 Å². The molecule has 4 aromatic heterocycles.